The zero-order valence-electron chi connectivity index (χ0n) is 5.44. The van der Waals surface area contributed by atoms with Crippen LogP contribution in [0, 0.1) is 6.33 Å². The second-order valence-corrected chi connectivity index (χ2v) is 2.00. The molecule has 2 heterocycles. The van der Waals surface area contributed by atoms with Crippen molar-refractivity contribution in [3.63, 3.8) is 0 Å². The van der Waals surface area contributed by atoms with E-state index in [1.54, 1.807) is 10.8 Å². The first-order valence-corrected chi connectivity index (χ1v) is 2.88. The Kier molecular flexibility index (Phi) is 0.943. The molecule has 0 N–H and O–H groups in total. The van der Waals surface area contributed by atoms with Gasteiger partial charge < -0.3 is 4.57 Å². The van der Waals surface area contributed by atoms with Gasteiger partial charge in [0.05, 0.1) is 6.20 Å². The molecule has 49 valence electrons. The van der Waals surface area contributed by atoms with Gasteiger partial charge in [0, 0.05) is 7.05 Å². The summed E-state index contributed by atoms with van der Waals surface area (Å²) in [5, 5.41) is 0. The van der Waals surface area contributed by atoms with E-state index in [-0.39, 0.29) is 0 Å². The molecule has 0 saturated carbocycles. The Labute approximate surface area is 57.6 Å². The van der Waals surface area contributed by atoms with Crippen LogP contribution in [-0.2, 0) is 7.05 Å². The number of aromatic nitrogens is 4. The highest BCUT2D eigenvalue weighted by atomic mass is 15.1. The highest BCUT2D eigenvalue weighted by molar-refractivity contribution is 5.68. The molecule has 0 unspecified atom stereocenters. The van der Waals surface area contributed by atoms with Gasteiger partial charge in [-0.2, -0.15) is 0 Å². The monoisotopic (exact) mass is 133 g/mol. The van der Waals surface area contributed by atoms with E-state index in [4.69, 9.17) is 0 Å². The van der Waals surface area contributed by atoms with Gasteiger partial charge in [-0.15, -0.1) is 0 Å². The zero-order chi connectivity index (χ0) is 6.97. The lowest BCUT2D eigenvalue weighted by Crippen LogP contribution is -1.85. The lowest BCUT2D eigenvalue weighted by Gasteiger charge is -1.88. The molecule has 10 heavy (non-hydrogen) atoms. The predicted octanol–water partition coefficient (Wildman–Crippen LogP) is 0.163. The normalized spacial score (nSPS) is 10.5. The fourth-order valence-corrected chi connectivity index (χ4v) is 0.815. The molecule has 0 saturated heterocycles. The van der Waals surface area contributed by atoms with E-state index < -0.39 is 0 Å². The highest BCUT2D eigenvalue weighted by Gasteiger charge is 1.97. The van der Waals surface area contributed by atoms with Gasteiger partial charge in [0.2, 0.25) is 0 Å². The van der Waals surface area contributed by atoms with Gasteiger partial charge in [-0.3, -0.25) is 0 Å². The topological polar surface area (TPSA) is 43.6 Å². The number of hydrogen-bond donors (Lipinski definition) is 0. The maximum absolute atomic E-state index is 3.93. The van der Waals surface area contributed by atoms with Crippen molar-refractivity contribution in [1.82, 2.24) is 19.5 Å². The smallest absolute Gasteiger partial charge is 0.181 e. The van der Waals surface area contributed by atoms with Crippen molar-refractivity contribution in [3.05, 3.63) is 18.9 Å². The third-order valence-corrected chi connectivity index (χ3v) is 1.34. The van der Waals surface area contributed by atoms with Gasteiger partial charge in [-0.25, -0.2) is 15.0 Å². The van der Waals surface area contributed by atoms with Crippen molar-refractivity contribution in [2.45, 2.75) is 0 Å². The molecular weight excluding hydrogens is 128 g/mol. The molecule has 0 atom stereocenters. The maximum atomic E-state index is 3.93. The molecule has 0 aromatic carbocycles. The van der Waals surface area contributed by atoms with Crippen LogP contribution in [0.4, 0.5) is 0 Å². The minimum absolute atomic E-state index is 0.692. The Morgan fingerprint density at radius 2 is 2.50 bits per heavy atom. The van der Waals surface area contributed by atoms with Gasteiger partial charge in [-0.05, 0) is 0 Å². The SMILES string of the molecule is Cn1[c]nc2ncncc21. The third kappa shape index (κ3) is 0.586. The number of hydrogen-bond acceptors (Lipinski definition) is 3. The minimum atomic E-state index is 0.692. The molecule has 1 radical (unpaired) electrons. The van der Waals surface area contributed by atoms with Crippen LogP contribution >= 0.6 is 0 Å². The number of rotatable bonds is 0. The third-order valence-electron chi connectivity index (χ3n) is 1.34. The fourth-order valence-electron chi connectivity index (χ4n) is 0.815. The van der Waals surface area contributed by atoms with Gasteiger partial charge in [0.1, 0.15) is 11.8 Å². The van der Waals surface area contributed by atoms with Crippen LogP contribution in [0.25, 0.3) is 11.2 Å². The lowest BCUT2D eigenvalue weighted by atomic mass is 10.5. The molecule has 4 heteroatoms. The molecule has 2 aromatic rings. The Morgan fingerprint density at radius 1 is 1.60 bits per heavy atom. The van der Waals surface area contributed by atoms with Crippen LogP contribution in [0.3, 0.4) is 0 Å². The summed E-state index contributed by atoms with van der Waals surface area (Å²) in [5.74, 6) is 0. The van der Waals surface area contributed by atoms with Gasteiger partial charge >= 0.3 is 0 Å². The van der Waals surface area contributed by atoms with E-state index in [1.807, 2.05) is 7.05 Å². The molecule has 0 aliphatic carbocycles. The number of nitrogens with zero attached hydrogens (tertiary/aromatic N) is 4. The number of imidazole rings is 1. The summed E-state index contributed by atoms with van der Waals surface area (Å²) in [7, 11) is 1.86. The molecule has 0 spiro atoms. The van der Waals surface area contributed by atoms with Crippen molar-refractivity contribution < 1.29 is 0 Å². The van der Waals surface area contributed by atoms with Crippen molar-refractivity contribution in [2.75, 3.05) is 0 Å². The van der Waals surface area contributed by atoms with E-state index in [1.165, 1.54) is 6.33 Å². The van der Waals surface area contributed by atoms with Crippen LogP contribution < -0.4 is 0 Å². The second-order valence-electron chi connectivity index (χ2n) is 2.00. The summed E-state index contributed by atoms with van der Waals surface area (Å²) in [5.41, 5.74) is 1.60. The standard InChI is InChI=1S/C6H5N4/c1-10-4-9-6-5(10)2-7-3-8-6/h2-3H,1H3. The molecule has 0 fully saturated rings. The lowest BCUT2D eigenvalue weighted by molar-refractivity contribution is 0.933. The average molecular weight is 133 g/mol. The van der Waals surface area contributed by atoms with Gasteiger partial charge in [0.15, 0.2) is 12.0 Å². The molecule has 2 rings (SSSR count). The Balaban J connectivity index is 2.93. The Morgan fingerprint density at radius 3 is 3.30 bits per heavy atom. The second kappa shape index (κ2) is 1.76. The quantitative estimate of drug-likeness (QED) is 0.514. The highest BCUT2D eigenvalue weighted by Crippen LogP contribution is 2.03. The molecule has 2 aromatic heterocycles. The molecule has 0 amide bonds. The number of fused-ring (bicyclic) bond motifs is 1. The fraction of sp³-hybridized carbons (Fsp3) is 0.167. The van der Waals surface area contributed by atoms with Crippen molar-refractivity contribution >= 4 is 11.2 Å². The summed E-state index contributed by atoms with van der Waals surface area (Å²) in [4.78, 5) is 11.7. The first-order chi connectivity index (χ1) is 4.88. The van der Waals surface area contributed by atoms with Crippen molar-refractivity contribution in [1.29, 1.82) is 0 Å². The summed E-state index contributed by atoms with van der Waals surface area (Å²) in [6.07, 6.45) is 5.93. The summed E-state index contributed by atoms with van der Waals surface area (Å²) in [6, 6.07) is 0. The van der Waals surface area contributed by atoms with Crippen LogP contribution in [0.15, 0.2) is 12.5 Å². The maximum Gasteiger partial charge on any atom is 0.181 e. The predicted molar refractivity (Wildman–Crippen MR) is 35.1 cm³/mol. The molecule has 0 aliphatic rings. The Bertz CT molecular complexity index is 351. The average Bonchev–Trinajstić information content (AvgIpc) is 2.34. The van der Waals surface area contributed by atoms with Crippen LogP contribution in [0.5, 0.6) is 0 Å². The molecule has 0 aliphatic heterocycles. The zero-order valence-corrected chi connectivity index (χ0v) is 5.44. The largest absolute Gasteiger partial charge is 0.322 e. The summed E-state index contributed by atoms with van der Waals surface area (Å²) >= 11 is 0. The van der Waals surface area contributed by atoms with E-state index in [0.29, 0.717) is 5.65 Å². The molecule has 4 nitrogen and oxygen atoms in total. The van der Waals surface area contributed by atoms with Gasteiger partial charge in [-0.1, -0.05) is 0 Å². The molecular formula is C6H5N4. The van der Waals surface area contributed by atoms with Crippen LogP contribution in [0.1, 0.15) is 0 Å². The van der Waals surface area contributed by atoms with Crippen molar-refractivity contribution in [3.8, 4) is 0 Å². The summed E-state index contributed by atoms with van der Waals surface area (Å²) < 4.78 is 1.76. The van der Waals surface area contributed by atoms with Crippen LogP contribution in [0.2, 0.25) is 0 Å². The van der Waals surface area contributed by atoms with Crippen molar-refractivity contribution in [2.24, 2.45) is 7.05 Å². The van der Waals surface area contributed by atoms with E-state index in [0.717, 1.165) is 5.52 Å². The summed E-state index contributed by atoms with van der Waals surface area (Å²) in [6.45, 7) is 0. The van der Waals surface area contributed by atoms with E-state index >= 15 is 0 Å². The van der Waals surface area contributed by atoms with Gasteiger partial charge in [0.25, 0.3) is 0 Å². The van der Waals surface area contributed by atoms with Crippen LogP contribution in [-0.4, -0.2) is 19.5 Å². The minimum Gasteiger partial charge on any atom is -0.322 e. The molecule has 0 bridgehead atoms. The Hall–Kier alpha value is -1.45. The van der Waals surface area contributed by atoms with E-state index in [2.05, 4.69) is 21.3 Å². The number of aryl methyl sites for hydroxylation is 1. The first-order valence-electron chi connectivity index (χ1n) is 2.88. The first kappa shape index (κ1) is 5.34. The van der Waals surface area contributed by atoms with E-state index in [9.17, 15) is 0 Å².